The molecule has 2 heterocycles. The number of hydrogen-bond acceptors (Lipinski definition) is 4. The number of amides is 1. The average molecular weight is 360 g/mol. The highest BCUT2D eigenvalue weighted by Gasteiger charge is 2.34. The molecule has 2 fully saturated rings. The van der Waals surface area contributed by atoms with Crippen LogP contribution in [0.25, 0.3) is 0 Å². The predicted octanol–water partition coefficient (Wildman–Crippen LogP) is 4.92. The number of rotatable bonds is 5. The zero-order chi connectivity index (χ0) is 18.7. The molecule has 1 saturated carbocycles. The van der Waals surface area contributed by atoms with Crippen LogP contribution < -0.4 is 4.90 Å². The second kappa shape index (κ2) is 7.95. The molecule has 0 spiro atoms. The van der Waals surface area contributed by atoms with E-state index in [4.69, 9.17) is 4.74 Å². The van der Waals surface area contributed by atoms with Crippen LogP contribution >= 0.6 is 0 Å². The molecule has 1 saturated heterocycles. The maximum absolute atomic E-state index is 12.7. The molecule has 1 amide bonds. The fourth-order valence-electron chi connectivity index (χ4n) is 3.88. The van der Waals surface area contributed by atoms with Gasteiger partial charge in [-0.15, -0.1) is 0 Å². The molecule has 1 atom stereocenters. The SMILES string of the molecule is CCCN1CCCC1c1ccc(N(C(=O)OC(C)(C)C)C2CCC2)nc1. The first kappa shape index (κ1) is 19.2. The Morgan fingerprint density at radius 2 is 2.04 bits per heavy atom. The fourth-order valence-corrected chi connectivity index (χ4v) is 3.88. The van der Waals surface area contributed by atoms with E-state index in [2.05, 4.69) is 22.9 Å². The Morgan fingerprint density at radius 1 is 1.27 bits per heavy atom. The first-order valence-corrected chi connectivity index (χ1v) is 10.1. The number of pyridine rings is 1. The zero-order valence-corrected chi connectivity index (χ0v) is 16.7. The van der Waals surface area contributed by atoms with Crippen LogP contribution in [0.1, 0.15) is 77.8 Å². The lowest BCUT2D eigenvalue weighted by molar-refractivity contribution is 0.0548. The van der Waals surface area contributed by atoms with Gasteiger partial charge in [-0.1, -0.05) is 13.0 Å². The van der Waals surface area contributed by atoms with Crippen LogP contribution in [0.3, 0.4) is 0 Å². The number of hydrogen-bond donors (Lipinski definition) is 0. The summed E-state index contributed by atoms with van der Waals surface area (Å²) in [4.78, 5) is 21.7. The second-order valence-corrected chi connectivity index (χ2v) is 8.58. The van der Waals surface area contributed by atoms with Gasteiger partial charge in [-0.3, -0.25) is 9.80 Å². The lowest BCUT2D eigenvalue weighted by Crippen LogP contribution is -2.47. The Labute approximate surface area is 157 Å². The van der Waals surface area contributed by atoms with Crippen molar-refractivity contribution in [2.75, 3.05) is 18.0 Å². The molecule has 1 aromatic rings. The number of ether oxygens (including phenoxy) is 1. The molecular formula is C21H33N3O2. The monoisotopic (exact) mass is 359 g/mol. The highest BCUT2D eigenvalue weighted by molar-refractivity contribution is 5.87. The number of aromatic nitrogens is 1. The normalized spacial score (nSPS) is 21.5. The minimum atomic E-state index is -0.497. The van der Waals surface area contributed by atoms with Crippen molar-refractivity contribution < 1.29 is 9.53 Å². The Balaban J connectivity index is 1.76. The van der Waals surface area contributed by atoms with Gasteiger partial charge in [0.1, 0.15) is 11.4 Å². The largest absolute Gasteiger partial charge is 0.443 e. The number of nitrogens with zero attached hydrogens (tertiary/aromatic N) is 3. The van der Waals surface area contributed by atoms with Crippen LogP contribution in [0.4, 0.5) is 10.6 Å². The van der Waals surface area contributed by atoms with Crippen LogP contribution in [0.15, 0.2) is 18.3 Å². The molecule has 2 aliphatic rings. The Morgan fingerprint density at radius 3 is 2.58 bits per heavy atom. The summed E-state index contributed by atoms with van der Waals surface area (Å²) in [6, 6.07) is 4.83. The third-order valence-corrected chi connectivity index (χ3v) is 5.31. The average Bonchev–Trinajstić information content (AvgIpc) is 2.98. The van der Waals surface area contributed by atoms with Crippen molar-refractivity contribution in [2.24, 2.45) is 0 Å². The van der Waals surface area contributed by atoms with E-state index in [1.54, 1.807) is 4.90 Å². The third-order valence-electron chi connectivity index (χ3n) is 5.31. The van der Waals surface area contributed by atoms with Gasteiger partial charge in [0, 0.05) is 18.3 Å². The number of carbonyl (C=O) groups is 1. The molecule has 5 nitrogen and oxygen atoms in total. The van der Waals surface area contributed by atoms with Gasteiger partial charge in [-0.2, -0.15) is 0 Å². The molecule has 1 aliphatic heterocycles. The van der Waals surface area contributed by atoms with E-state index in [9.17, 15) is 4.79 Å². The van der Waals surface area contributed by atoms with Crippen molar-refractivity contribution in [3.63, 3.8) is 0 Å². The maximum Gasteiger partial charge on any atom is 0.416 e. The van der Waals surface area contributed by atoms with Gasteiger partial charge in [-0.05, 0) is 84.0 Å². The summed E-state index contributed by atoms with van der Waals surface area (Å²) >= 11 is 0. The first-order chi connectivity index (χ1) is 12.4. The molecule has 0 aromatic carbocycles. The lowest BCUT2D eigenvalue weighted by Gasteiger charge is -2.37. The molecule has 0 bridgehead atoms. The van der Waals surface area contributed by atoms with Gasteiger partial charge in [0.25, 0.3) is 0 Å². The molecule has 5 heteroatoms. The minimum absolute atomic E-state index is 0.214. The zero-order valence-electron chi connectivity index (χ0n) is 16.7. The fraction of sp³-hybridized carbons (Fsp3) is 0.714. The van der Waals surface area contributed by atoms with Gasteiger partial charge in [0.2, 0.25) is 0 Å². The summed E-state index contributed by atoms with van der Waals surface area (Å²) < 4.78 is 5.63. The van der Waals surface area contributed by atoms with Crippen LogP contribution in [-0.2, 0) is 4.74 Å². The van der Waals surface area contributed by atoms with E-state index in [1.165, 1.54) is 31.4 Å². The maximum atomic E-state index is 12.7. The summed E-state index contributed by atoms with van der Waals surface area (Å²) in [7, 11) is 0. The third kappa shape index (κ3) is 4.37. The van der Waals surface area contributed by atoms with E-state index in [0.717, 1.165) is 25.8 Å². The van der Waals surface area contributed by atoms with Gasteiger partial charge in [0.05, 0.1) is 0 Å². The topological polar surface area (TPSA) is 45.7 Å². The highest BCUT2D eigenvalue weighted by atomic mass is 16.6. The molecule has 3 rings (SSSR count). The predicted molar refractivity (Wildman–Crippen MR) is 104 cm³/mol. The van der Waals surface area contributed by atoms with Crippen LogP contribution in [0.2, 0.25) is 0 Å². The Kier molecular flexibility index (Phi) is 5.86. The molecule has 144 valence electrons. The summed E-state index contributed by atoms with van der Waals surface area (Å²) in [5.41, 5.74) is 0.765. The summed E-state index contributed by atoms with van der Waals surface area (Å²) in [6.45, 7) is 10.3. The van der Waals surface area contributed by atoms with Crippen molar-refractivity contribution in [3.8, 4) is 0 Å². The van der Waals surface area contributed by atoms with E-state index in [0.29, 0.717) is 11.9 Å². The van der Waals surface area contributed by atoms with Crippen molar-refractivity contribution in [2.45, 2.75) is 83.9 Å². The summed E-state index contributed by atoms with van der Waals surface area (Å²) in [5.74, 6) is 0.715. The smallest absolute Gasteiger partial charge is 0.416 e. The van der Waals surface area contributed by atoms with Gasteiger partial charge in [-0.25, -0.2) is 9.78 Å². The first-order valence-electron chi connectivity index (χ1n) is 10.1. The molecule has 0 radical (unpaired) electrons. The highest BCUT2D eigenvalue weighted by Crippen LogP contribution is 2.34. The number of carbonyl (C=O) groups excluding carboxylic acids is 1. The van der Waals surface area contributed by atoms with E-state index >= 15 is 0 Å². The van der Waals surface area contributed by atoms with Crippen molar-refractivity contribution in [1.82, 2.24) is 9.88 Å². The number of anilines is 1. The van der Waals surface area contributed by atoms with E-state index in [1.807, 2.05) is 33.0 Å². The minimum Gasteiger partial charge on any atom is -0.443 e. The second-order valence-electron chi connectivity index (χ2n) is 8.58. The molecular weight excluding hydrogens is 326 g/mol. The molecule has 1 aliphatic carbocycles. The van der Waals surface area contributed by atoms with Gasteiger partial charge < -0.3 is 4.74 Å². The van der Waals surface area contributed by atoms with Crippen LogP contribution in [0, 0.1) is 0 Å². The molecule has 1 aromatic heterocycles. The van der Waals surface area contributed by atoms with Gasteiger partial charge >= 0.3 is 6.09 Å². The Bertz CT molecular complexity index is 605. The lowest BCUT2D eigenvalue weighted by atomic mass is 9.91. The van der Waals surface area contributed by atoms with Crippen molar-refractivity contribution in [1.29, 1.82) is 0 Å². The van der Waals surface area contributed by atoms with Crippen molar-refractivity contribution in [3.05, 3.63) is 23.9 Å². The standard InChI is InChI=1S/C21H33N3O2/c1-5-13-23-14-7-10-18(23)16-11-12-19(22-15-16)24(17-8-6-9-17)20(25)26-21(2,3)4/h11-12,15,17-18H,5-10,13-14H2,1-4H3. The number of likely N-dealkylation sites (tertiary alicyclic amines) is 1. The molecule has 26 heavy (non-hydrogen) atoms. The Hall–Kier alpha value is -1.62. The summed E-state index contributed by atoms with van der Waals surface area (Å²) in [5, 5.41) is 0. The quantitative estimate of drug-likeness (QED) is 0.748. The van der Waals surface area contributed by atoms with E-state index in [-0.39, 0.29) is 12.1 Å². The summed E-state index contributed by atoms with van der Waals surface area (Å²) in [6.07, 6.45) is 8.51. The molecule has 0 N–H and O–H groups in total. The van der Waals surface area contributed by atoms with E-state index < -0.39 is 5.60 Å². The van der Waals surface area contributed by atoms with Crippen LogP contribution in [-0.4, -0.2) is 40.7 Å². The van der Waals surface area contributed by atoms with Crippen LogP contribution in [0.5, 0.6) is 0 Å². The molecule has 1 unspecified atom stereocenters. The van der Waals surface area contributed by atoms with Crippen molar-refractivity contribution >= 4 is 11.9 Å². The van der Waals surface area contributed by atoms with Gasteiger partial charge in [0.15, 0.2) is 0 Å².